The fourth-order valence-corrected chi connectivity index (χ4v) is 1.72. The van der Waals surface area contributed by atoms with E-state index in [0.717, 1.165) is 5.56 Å². The largest absolute Gasteiger partial charge is 0.481 e. The number of benzene rings is 1. The van der Waals surface area contributed by atoms with Crippen molar-refractivity contribution in [1.82, 2.24) is 5.32 Å². The summed E-state index contributed by atoms with van der Waals surface area (Å²) in [6.45, 7) is 5.40. The molecule has 0 heterocycles. The van der Waals surface area contributed by atoms with Gasteiger partial charge in [0.1, 0.15) is 5.75 Å². The normalized spacial score (nSPS) is 13.3. The summed E-state index contributed by atoms with van der Waals surface area (Å²) in [6, 6.07) is 7.28. The van der Waals surface area contributed by atoms with Crippen LogP contribution < -0.4 is 10.1 Å². The number of carbonyl (C=O) groups is 2. The van der Waals surface area contributed by atoms with Gasteiger partial charge in [0.2, 0.25) is 0 Å². The van der Waals surface area contributed by atoms with Gasteiger partial charge in [-0.3, -0.25) is 9.59 Å². The van der Waals surface area contributed by atoms with Crippen LogP contribution in [0.4, 0.5) is 0 Å². The molecule has 0 radical (unpaired) electrons. The van der Waals surface area contributed by atoms with Gasteiger partial charge in [-0.05, 0) is 44.9 Å². The van der Waals surface area contributed by atoms with Gasteiger partial charge < -0.3 is 15.2 Å². The van der Waals surface area contributed by atoms with Gasteiger partial charge in [-0.25, -0.2) is 0 Å². The molecule has 1 aromatic carbocycles. The van der Waals surface area contributed by atoms with E-state index < -0.39 is 12.1 Å². The van der Waals surface area contributed by atoms with E-state index in [-0.39, 0.29) is 18.4 Å². The molecule has 5 nitrogen and oxygen atoms in total. The van der Waals surface area contributed by atoms with Crippen molar-refractivity contribution in [3.8, 4) is 5.75 Å². The SMILES string of the molecule is Cc1cccc(OC(C)C(=O)NC(C)CCC(=O)O)c1. The first kappa shape index (κ1) is 16.0. The minimum Gasteiger partial charge on any atom is -0.481 e. The molecule has 2 unspecified atom stereocenters. The summed E-state index contributed by atoms with van der Waals surface area (Å²) in [5.41, 5.74) is 1.06. The Morgan fingerprint density at radius 2 is 2.05 bits per heavy atom. The molecule has 0 aromatic heterocycles. The topological polar surface area (TPSA) is 75.6 Å². The van der Waals surface area contributed by atoms with Gasteiger partial charge in [-0.1, -0.05) is 12.1 Å². The molecule has 1 rings (SSSR count). The monoisotopic (exact) mass is 279 g/mol. The zero-order valence-electron chi connectivity index (χ0n) is 12.1. The maximum absolute atomic E-state index is 11.9. The molecule has 110 valence electrons. The summed E-state index contributed by atoms with van der Waals surface area (Å²) in [5, 5.41) is 11.3. The van der Waals surface area contributed by atoms with Gasteiger partial charge >= 0.3 is 5.97 Å². The maximum Gasteiger partial charge on any atom is 0.303 e. The van der Waals surface area contributed by atoms with Crippen molar-refractivity contribution in [1.29, 1.82) is 0 Å². The van der Waals surface area contributed by atoms with Crippen LogP contribution in [0, 0.1) is 6.92 Å². The Morgan fingerprint density at radius 3 is 2.65 bits per heavy atom. The molecule has 20 heavy (non-hydrogen) atoms. The van der Waals surface area contributed by atoms with E-state index in [1.165, 1.54) is 0 Å². The second-order valence-electron chi connectivity index (χ2n) is 4.92. The molecular weight excluding hydrogens is 258 g/mol. The fraction of sp³-hybridized carbons (Fsp3) is 0.467. The Bertz CT molecular complexity index is 473. The zero-order valence-corrected chi connectivity index (χ0v) is 12.1. The third-order valence-electron chi connectivity index (χ3n) is 2.85. The summed E-state index contributed by atoms with van der Waals surface area (Å²) in [7, 11) is 0. The Kier molecular flexibility index (Phi) is 6.03. The lowest BCUT2D eigenvalue weighted by molar-refractivity contribution is -0.137. The van der Waals surface area contributed by atoms with Gasteiger partial charge in [-0.2, -0.15) is 0 Å². The Morgan fingerprint density at radius 1 is 1.35 bits per heavy atom. The number of carboxylic acids is 1. The number of carbonyl (C=O) groups excluding carboxylic acids is 1. The summed E-state index contributed by atoms with van der Waals surface area (Å²) >= 11 is 0. The molecule has 2 N–H and O–H groups in total. The highest BCUT2D eigenvalue weighted by molar-refractivity contribution is 5.81. The average molecular weight is 279 g/mol. The molecule has 0 aliphatic rings. The molecule has 0 spiro atoms. The lowest BCUT2D eigenvalue weighted by Crippen LogP contribution is -2.41. The van der Waals surface area contributed by atoms with E-state index in [0.29, 0.717) is 12.2 Å². The second-order valence-corrected chi connectivity index (χ2v) is 4.92. The number of amides is 1. The van der Waals surface area contributed by atoms with E-state index in [1.807, 2.05) is 25.1 Å². The third kappa shape index (κ3) is 5.73. The first-order chi connectivity index (χ1) is 9.38. The predicted molar refractivity (Wildman–Crippen MR) is 75.7 cm³/mol. The molecule has 0 saturated heterocycles. The smallest absolute Gasteiger partial charge is 0.303 e. The van der Waals surface area contributed by atoms with E-state index >= 15 is 0 Å². The number of aliphatic carboxylic acids is 1. The molecule has 5 heteroatoms. The van der Waals surface area contributed by atoms with Crippen LogP contribution in [-0.2, 0) is 9.59 Å². The highest BCUT2D eigenvalue weighted by Crippen LogP contribution is 2.14. The van der Waals surface area contributed by atoms with Crippen LogP contribution in [0.15, 0.2) is 24.3 Å². The summed E-state index contributed by atoms with van der Waals surface area (Å²) < 4.78 is 5.56. The Hall–Kier alpha value is -2.04. The highest BCUT2D eigenvalue weighted by Gasteiger charge is 2.17. The Balaban J connectivity index is 2.44. The van der Waals surface area contributed by atoms with Crippen LogP contribution in [0.2, 0.25) is 0 Å². The van der Waals surface area contributed by atoms with E-state index in [2.05, 4.69) is 5.32 Å². The first-order valence-electron chi connectivity index (χ1n) is 6.64. The maximum atomic E-state index is 11.9. The molecule has 0 fully saturated rings. The van der Waals surface area contributed by atoms with Crippen molar-refractivity contribution in [3.05, 3.63) is 29.8 Å². The summed E-state index contributed by atoms with van der Waals surface area (Å²) in [5.74, 6) is -0.467. The van der Waals surface area contributed by atoms with Gasteiger partial charge in [0, 0.05) is 12.5 Å². The van der Waals surface area contributed by atoms with Crippen LogP contribution in [-0.4, -0.2) is 29.1 Å². The number of nitrogens with one attached hydrogen (secondary N) is 1. The number of rotatable bonds is 7. The van der Waals surface area contributed by atoms with Crippen molar-refractivity contribution in [3.63, 3.8) is 0 Å². The van der Waals surface area contributed by atoms with Crippen LogP contribution >= 0.6 is 0 Å². The number of hydrogen-bond donors (Lipinski definition) is 2. The number of ether oxygens (including phenoxy) is 1. The van der Waals surface area contributed by atoms with Gasteiger partial charge in [-0.15, -0.1) is 0 Å². The third-order valence-corrected chi connectivity index (χ3v) is 2.85. The minimum absolute atomic E-state index is 0.0363. The van der Waals surface area contributed by atoms with Crippen LogP contribution in [0.3, 0.4) is 0 Å². The van der Waals surface area contributed by atoms with Crippen molar-refractivity contribution in [2.45, 2.75) is 45.8 Å². The van der Waals surface area contributed by atoms with Crippen LogP contribution in [0.1, 0.15) is 32.3 Å². The lowest BCUT2D eigenvalue weighted by Gasteiger charge is -2.18. The standard InChI is InChI=1S/C15H21NO4/c1-10-5-4-6-13(9-10)20-12(3)15(19)16-11(2)7-8-14(17)18/h4-6,9,11-12H,7-8H2,1-3H3,(H,16,19)(H,17,18). The van der Waals surface area contributed by atoms with Crippen LogP contribution in [0.25, 0.3) is 0 Å². The van der Waals surface area contributed by atoms with Crippen molar-refractivity contribution in [2.24, 2.45) is 0 Å². The minimum atomic E-state index is -0.866. The van der Waals surface area contributed by atoms with Gasteiger partial charge in [0.25, 0.3) is 5.91 Å². The molecule has 0 aliphatic heterocycles. The molecule has 0 saturated carbocycles. The number of carboxylic acid groups (broad SMARTS) is 1. The molecule has 0 aliphatic carbocycles. The fourth-order valence-electron chi connectivity index (χ4n) is 1.72. The predicted octanol–water partition coefficient (Wildman–Crippen LogP) is 2.13. The van der Waals surface area contributed by atoms with Gasteiger partial charge in [0.05, 0.1) is 0 Å². The van der Waals surface area contributed by atoms with E-state index in [4.69, 9.17) is 9.84 Å². The molecule has 2 atom stereocenters. The molecule has 1 amide bonds. The molecular formula is C15H21NO4. The Labute approximate surface area is 118 Å². The summed E-state index contributed by atoms with van der Waals surface area (Å²) in [6.07, 6.45) is -0.184. The van der Waals surface area contributed by atoms with E-state index in [1.54, 1.807) is 19.9 Å². The molecule has 1 aromatic rings. The number of hydrogen-bond acceptors (Lipinski definition) is 3. The van der Waals surface area contributed by atoms with Crippen molar-refractivity contribution in [2.75, 3.05) is 0 Å². The lowest BCUT2D eigenvalue weighted by atomic mass is 10.2. The molecule has 0 bridgehead atoms. The van der Waals surface area contributed by atoms with Crippen LogP contribution in [0.5, 0.6) is 5.75 Å². The van der Waals surface area contributed by atoms with Gasteiger partial charge in [0.15, 0.2) is 6.10 Å². The summed E-state index contributed by atoms with van der Waals surface area (Å²) in [4.78, 5) is 22.4. The average Bonchev–Trinajstić information content (AvgIpc) is 2.36. The highest BCUT2D eigenvalue weighted by atomic mass is 16.5. The quantitative estimate of drug-likeness (QED) is 0.801. The van der Waals surface area contributed by atoms with E-state index in [9.17, 15) is 9.59 Å². The van der Waals surface area contributed by atoms with Crippen molar-refractivity contribution < 1.29 is 19.4 Å². The zero-order chi connectivity index (χ0) is 15.1. The van der Waals surface area contributed by atoms with Crippen molar-refractivity contribution >= 4 is 11.9 Å². The second kappa shape index (κ2) is 7.53. The number of aryl methyl sites for hydroxylation is 1. The first-order valence-corrected chi connectivity index (χ1v) is 6.64.